The number of anilines is 1. The fourth-order valence-corrected chi connectivity index (χ4v) is 2.53. The van der Waals surface area contributed by atoms with E-state index in [4.69, 9.17) is 19.7 Å². The van der Waals surface area contributed by atoms with E-state index in [9.17, 15) is 0 Å². The predicted molar refractivity (Wildman–Crippen MR) is 71.2 cm³/mol. The molecule has 1 aromatic heterocycles. The fraction of sp³-hybridized carbons (Fsp3) is 0.250. The van der Waals surface area contributed by atoms with Crippen LogP contribution in [-0.2, 0) is 0 Å². The Morgan fingerprint density at radius 1 is 1.22 bits per heavy atom. The Morgan fingerprint density at radius 2 is 2.00 bits per heavy atom. The summed E-state index contributed by atoms with van der Waals surface area (Å²) in [5.41, 5.74) is 7.41. The maximum atomic E-state index is 5.75. The summed E-state index contributed by atoms with van der Waals surface area (Å²) in [5.74, 6) is 1.65. The van der Waals surface area contributed by atoms with Crippen molar-refractivity contribution in [3.8, 4) is 22.6 Å². The summed E-state index contributed by atoms with van der Waals surface area (Å²) in [6, 6.07) is 3.75. The van der Waals surface area contributed by atoms with Crippen molar-refractivity contribution in [3.05, 3.63) is 18.3 Å². The zero-order valence-corrected chi connectivity index (χ0v) is 11.2. The second-order valence-electron chi connectivity index (χ2n) is 3.49. The molecule has 1 aromatic carbocycles. The smallest absolute Gasteiger partial charge is 0.229 e. The molecule has 18 heavy (non-hydrogen) atoms. The van der Waals surface area contributed by atoms with Crippen molar-refractivity contribution in [1.82, 2.24) is 5.16 Å². The van der Waals surface area contributed by atoms with Gasteiger partial charge in [-0.3, -0.25) is 0 Å². The Balaban J connectivity index is 2.66. The highest BCUT2D eigenvalue weighted by atomic mass is 32.2. The average Bonchev–Trinajstić information content (AvgIpc) is 2.82. The van der Waals surface area contributed by atoms with Crippen molar-refractivity contribution in [1.29, 1.82) is 0 Å². The van der Waals surface area contributed by atoms with E-state index < -0.39 is 0 Å². The third kappa shape index (κ3) is 1.99. The summed E-state index contributed by atoms with van der Waals surface area (Å²) >= 11 is 1.55. The minimum atomic E-state index is 0.289. The molecule has 0 bridgehead atoms. The molecule has 5 nitrogen and oxygen atoms in total. The Bertz CT molecular complexity index is 554. The number of benzene rings is 1. The maximum Gasteiger partial charge on any atom is 0.229 e. The second kappa shape index (κ2) is 5.22. The van der Waals surface area contributed by atoms with Crippen LogP contribution >= 0.6 is 11.8 Å². The van der Waals surface area contributed by atoms with Crippen LogP contribution in [0.5, 0.6) is 11.5 Å². The van der Waals surface area contributed by atoms with E-state index in [2.05, 4.69) is 5.16 Å². The van der Waals surface area contributed by atoms with Gasteiger partial charge in [-0.05, 0) is 18.4 Å². The first kappa shape index (κ1) is 12.6. The SMILES string of the molecule is COc1ccc(-c2cnoc2N)c(SC)c1OC. The van der Waals surface area contributed by atoms with Crippen molar-refractivity contribution in [2.45, 2.75) is 4.90 Å². The lowest BCUT2D eigenvalue weighted by Gasteiger charge is -2.14. The van der Waals surface area contributed by atoms with Gasteiger partial charge < -0.3 is 19.7 Å². The van der Waals surface area contributed by atoms with E-state index in [1.807, 2.05) is 18.4 Å². The van der Waals surface area contributed by atoms with Crippen LogP contribution in [0.2, 0.25) is 0 Å². The molecule has 2 aromatic rings. The van der Waals surface area contributed by atoms with Gasteiger partial charge in [-0.2, -0.15) is 0 Å². The Labute approximate surface area is 109 Å². The van der Waals surface area contributed by atoms with Gasteiger partial charge in [0, 0.05) is 5.56 Å². The molecular weight excluding hydrogens is 252 g/mol. The number of hydrogen-bond donors (Lipinski definition) is 1. The van der Waals surface area contributed by atoms with Gasteiger partial charge in [0.25, 0.3) is 0 Å². The maximum absolute atomic E-state index is 5.75. The molecule has 0 aliphatic heterocycles. The van der Waals surface area contributed by atoms with Gasteiger partial charge in [-0.1, -0.05) is 5.16 Å². The molecule has 0 radical (unpaired) electrons. The van der Waals surface area contributed by atoms with Gasteiger partial charge in [0.15, 0.2) is 11.5 Å². The normalized spacial score (nSPS) is 10.4. The minimum Gasteiger partial charge on any atom is -0.493 e. The summed E-state index contributed by atoms with van der Waals surface area (Å²) in [4.78, 5) is 0.937. The molecule has 0 spiro atoms. The third-order valence-electron chi connectivity index (χ3n) is 2.59. The predicted octanol–water partition coefficient (Wildman–Crippen LogP) is 2.66. The fourth-order valence-electron chi connectivity index (χ4n) is 1.76. The number of thioether (sulfide) groups is 1. The van der Waals surface area contributed by atoms with Crippen LogP contribution in [0.1, 0.15) is 0 Å². The van der Waals surface area contributed by atoms with E-state index in [0.717, 1.165) is 16.0 Å². The lowest BCUT2D eigenvalue weighted by molar-refractivity contribution is 0.348. The quantitative estimate of drug-likeness (QED) is 0.858. The molecule has 0 saturated heterocycles. The highest BCUT2D eigenvalue weighted by molar-refractivity contribution is 7.98. The topological polar surface area (TPSA) is 70.5 Å². The monoisotopic (exact) mass is 266 g/mol. The third-order valence-corrected chi connectivity index (χ3v) is 3.41. The van der Waals surface area contributed by atoms with Crippen LogP contribution in [0.4, 0.5) is 5.88 Å². The standard InChI is InChI=1S/C12H14N2O3S/c1-15-9-5-4-7(8-6-14-17-12(8)13)11(18-3)10(9)16-2/h4-6H,13H2,1-3H3. The first-order valence-electron chi connectivity index (χ1n) is 5.22. The van der Waals surface area contributed by atoms with Crippen molar-refractivity contribution in [2.24, 2.45) is 0 Å². The lowest BCUT2D eigenvalue weighted by atomic mass is 10.1. The number of nitrogens with two attached hydrogens (primary N) is 1. The Morgan fingerprint density at radius 3 is 2.50 bits per heavy atom. The van der Waals surface area contributed by atoms with Crippen LogP contribution in [-0.4, -0.2) is 25.6 Å². The Hall–Kier alpha value is -1.82. The van der Waals surface area contributed by atoms with Gasteiger partial charge in [-0.25, -0.2) is 0 Å². The molecule has 0 aliphatic rings. The average molecular weight is 266 g/mol. The Kier molecular flexibility index (Phi) is 3.66. The molecule has 2 N–H and O–H groups in total. The number of aromatic nitrogens is 1. The first-order chi connectivity index (χ1) is 8.72. The molecule has 6 heteroatoms. The lowest BCUT2D eigenvalue weighted by Crippen LogP contribution is -1.95. The zero-order valence-electron chi connectivity index (χ0n) is 10.4. The van der Waals surface area contributed by atoms with Crippen LogP contribution in [0.25, 0.3) is 11.1 Å². The minimum absolute atomic E-state index is 0.289. The van der Waals surface area contributed by atoms with Gasteiger partial charge in [0.1, 0.15) is 0 Å². The summed E-state index contributed by atoms with van der Waals surface area (Å²) < 4.78 is 15.6. The highest BCUT2D eigenvalue weighted by Crippen LogP contribution is 2.44. The highest BCUT2D eigenvalue weighted by Gasteiger charge is 2.18. The largest absolute Gasteiger partial charge is 0.493 e. The molecular formula is C12H14N2O3S. The van der Waals surface area contributed by atoms with Crippen LogP contribution < -0.4 is 15.2 Å². The number of rotatable bonds is 4. The molecule has 0 aliphatic carbocycles. The van der Waals surface area contributed by atoms with Gasteiger partial charge in [0.2, 0.25) is 5.88 Å². The van der Waals surface area contributed by atoms with E-state index >= 15 is 0 Å². The molecule has 0 amide bonds. The molecule has 96 valence electrons. The number of ether oxygens (including phenoxy) is 2. The molecule has 0 atom stereocenters. The van der Waals surface area contributed by atoms with E-state index in [0.29, 0.717) is 11.5 Å². The van der Waals surface area contributed by atoms with Gasteiger partial charge >= 0.3 is 0 Å². The van der Waals surface area contributed by atoms with Crippen LogP contribution in [0.15, 0.2) is 27.7 Å². The number of nitrogen functional groups attached to an aromatic ring is 1. The molecule has 0 fully saturated rings. The van der Waals surface area contributed by atoms with Crippen LogP contribution in [0, 0.1) is 0 Å². The van der Waals surface area contributed by atoms with E-state index in [1.165, 1.54) is 0 Å². The summed E-state index contributed by atoms with van der Waals surface area (Å²) in [6.07, 6.45) is 3.56. The number of methoxy groups -OCH3 is 2. The molecule has 0 saturated carbocycles. The van der Waals surface area contributed by atoms with Crippen molar-refractivity contribution < 1.29 is 14.0 Å². The van der Waals surface area contributed by atoms with E-state index in [1.54, 1.807) is 32.2 Å². The summed E-state index contributed by atoms with van der Waals surface area (Å²) in [5, 5.41) is 3.69. The summed E-state index contributed by atoms with van der Waals surface area (Å²) in [6.45, 7) is 0. The van der Waals surface area contributed by atoms with Gasteiger partial charge in [-0.15, -0.1) is 11.8 Å². The van der Waals surface area contributed by atoms with Crippen molar-refractivity contribution in [3.63, 3.8) is 0 Å². The number of nitrogens with zero attached hydrogens (tertiary/aromatic N) is 1. The summed E-state index contributed by atoms with van der Waals surface area (Å²) in [7, 11) is 3.22. The number of hydrogen-bond acceptors (Lipinski definition) is 6. The molecule has 1 heterocycles. The van der Waals surface area contributed by atoms with Crippen LogP contribution in [0.3, 0.4) is 0 Å². The first-order valence-corrected chi connectivity index (χ1v) is 6.44. The molecule has 0 unspecified atom stereocenters. The van der Waals surface area contributed by atoms with Crippen molar-refractivity contribution >= 4 is 17.6 Å². The van der Waals surface area contributed by atoms with Crippen molar-refractivity contribution in [2.75, 3.05) is 26.2 Å². The van der Waals surface area contributed by atoms with Gasteiger partial charge in [0.05, 0.1) is 30.9 Å². The van der Waals surface area contributed by atoms with E-state index in [-0.39, 0.29) is 5.88 Å². The second-order valence-corrected chi connectivity index (χ2v) is 4.30. The zero-order chi connectivity index (χ0) is 13.1. The molecule has 2 rings (SSSR count).